The van der Waals surface area contributed by atoms with Crippen molar-refractivity contribution in [2.24, 2.45) is 5.84 Å². The number of aromatic nitrogens is 3. The number of rotatable bonds is 4. The van der Waals surface area contributed by atoms with E-state index < -0.39 is 0 Å². The monoisotopic (exact) mass is 258 g/mol. The van der Waals surface area contributed by atoms with Gasteiger partial charge >= 0.3 is 0 Å². The Kier molecular flexibility index (Phi) is 3.99. The van der Waals surface area contributed by atoms with Crippen molar-refractivity contribution in [1.29, 1.82) is 0 Å². The van der Waals surface area contributed by atoms with Gasteiger partial charge in [0.25, 0.3) is 5.91 Å². The lowest BCUT2D eigenvalue weighted by Gasteiger charge is -2.12. The molecule has 0 radical (unpaired) electrons. The molecule has 2 aromatic heterocycles. The first kappa shape index (κ1) is 12.9. The van der Waals surface area contributed by atoms with Crippen molar-refractivity contribution in [3.63, 3.8) is 0 Å². The SMILES string of the molecule is CC(NC(=O)c1cnc(NN)cn1)c1ccccn1. The number of hydrogen-bond donors (Lipinski definition) is 3. The predicted octanol–water partition coefficient (Wildman–Crippen LogP) is 0.648. The molecule has 0 bridgehead atoms. The van der Waals surface area contributed by atoms with E-state index in [-0.39, 0.29) is 17.6 Å². The number of nitrogen functional groups attached to an aromatic ring is 1. The molecule has 7 heteroatoms. The van der Waals surface area contributed by atoms with Crippen LogP contribution >= 0.6 is 0 Å². The maximum Gasteiger partial charge on any atom is 0.272 e. The van der Waals surface area contributed by atoms with Crippen LogP contribution in [0.4, 0.5) is 5.82 Å². The summed E-state index contributed by atoms with van der Waals surface area (Å²) >= 11 is 0. The third-order valence-corrected chi connectivity index (χ3v) is 2.51. The second-order valence-corrected chi connectivity index (χ2v) is 3.88. The van der Waals surface area contributed by atoms with Gasteiger partial charge in [-0.3, -0.25) is 9.78 Å². The molecular formula is C12H14N6O. The van der Waals surface area contributed by atoms with Crippen LogP contribution in [0.2, 0.25) is 0 Å². The zero-order chi connectivity index (χ0) is 13.7. The van der Waals surface area contributed by atoms with Gasteiger partial charge in [-0.2, -0.15) is 0 Å². The van der Waals surface area contributed by atoms with E-state index in [0.717, 1.165) is 5.69 Å². The number of hydrazine groups is 1. The van der Waals surface area contributed by atoms with Gasteiger partial charge < -0.3 is 10.7 Å². The van der Waals surface area contributed by atoms with Crippen LogP contribution in [0.5, 0.6) is 0 Å². The van der Waals surface area contributed by atoms with Gasteiger partial charge in [0, 0.05) is 6.20 Å². The lowest BCUT2D eigenvalue weighted by atomic mass is 10.2. The van der Waals surface area contributed by atoms with Gasteiger partial charge in [-0.15, -0.1) is 0 Å². The fraction of sp³-hybridized carbons (Fsp3) is 0.167. The van der Waals surface area contributed by atoms with Crippen LogP contribution in [-0.2, 0) is 0 Å². The molecule has 0 aliphatic heterocycles. The summed E-state index contributed by atoms with van der Waals surface area (Å²) in [5.74, 6) is 5.26. The Balaban J connectivity index is 2.04. The molecule has 19 heavy (non-hydrogen) atoms. The quantitative estimate of drug-likeness (QED) is 0.549. The zero-order valence-electron chi connectivity index (χ0n) is 10.4. The molecule has 1 atom stereocenters. The number of carbonyl (C=O) groups is 1. The van der Waals surface area contributed by atoms with Crippen LogP contribution in [0.3, 0.4) is 0 Å². The third-order valence-electron chi connectivity index (χ3n) is 2.51. The van der Waals surface area contributed by atoms with E-state index in [9.17, 15) is 4.79 Å². The Bertz CT molecular complexity index is 542. The zero-order valence-corrected chi connectivity index (χ0v) is 10.4. The second kappa shape index (κ2) is 5.87. The van der Waals surface area contributed by atoms with E-state index in [4.69, 9.17) is 5.84 Å². The summed E-state index contributed by atoms with van der Waals surface area (Å²) in [7, 11) is 0. The Morgan fingerprint density at radius 1 is 1.26 bits per heavy atom. The fourth-order valence-corrected chi connectivity index (χ4v) is 1.50. The summed E-state index contributed by atoms with van der Waals surface area (Å²) in [6, 6.07) is 5.33. The molecule has 2 aromatic rings. The lowest BCUT2D eigenvalue weighted by Crippen LogP contribution is -2.28. The van der Waals surface area contributed by atoms with Crippen molar-refractivity contribution in [2.45, 2.75) is 13.0 Å². The molecule has 4 N–H and O–H groups in total. The standard InChI is InChI=1S/C12H14N6O/c1-8(9-4-2-3-5-14-9)17-12(19)10-6-16-11(18-13)7-15-10/h2-8H,13H2,1H3,(H,16,18)(H,17,19). The van der Waals surface area contributed by atoms with E-state index in [1.54, 1.807) is 6.20 Å². The minimum Gasteiger partial charge on any atom is -0.343 e. The van der Waals surface area contributed by atoms with Crippen molar-refractivity contribution in [1.82, 2.24) is 20.3 Å². The maximum atomic E-state index is 11.9. The molecule has 2 rings (SSSR count). The average Bonchev–Trinajstić information content (AvgIpc) is 2.48. The number of nitrogens with two attached hydrogens (primary N) is 1. The molecule has 1 unspecified atom stereocenters. The topological polar surface area (TPSA) is 106 Å². The van der Waals surface area contributed by atoms with E-state index in [2.05, 4.69) is 25.7 Å². The van der Waals surface area contributed by atoms with E-state index >= 15 is 0 Å². The highest BCUT2D eigenvalue weighted by Gasteiger charge is 2.13. The Morgan fingerprint density at radius 3 is 2.68 bits per heavy atom. The predicted molar refractivity (Wildman–Crippen MR) is 70.0 cm³/mol. The minimum atomic E-state index is -0.311. The molecule has 0 saturated carbocycles. The normalized spacial score (nSPS) is 11.7. The number of carbonyl (C=O) groups excluding carboxylic acids is 1. The Labute approximate surface area is 110 Å². The molecule has 1 amide bonds. The minimum absolute atomic E-state index is 0.206. The molecule has 7 nitrogen and oxygen atoms in total. The molecule has 0 aromatic carbocycles. The first-order valence-electron chi connectivity index (χ1n) is 5.71. The summed E-state index contributed by atoms with van der Waals surface area (Å²) in [6.45, 7) is 1.85. The van der Waals surface area contributed by atoms with Gasteiger partial charge in [0.2, 0.25) is 0 Å². The lowest BCUT2D eigenvalue weighted by molar-refractivity contribution is 0.0933. The number of anilines is 1. The smallest absolute Gasteiger partial charge is 0.272 e. The number of nitrogens with zero attached hydrogens (tertiary/aromatic N) is 3. The molecular weight excluding hydrogens is 244 g/mol. The van der Waals surface area contributed by atoms with Crippen LogP contribution in [-0.4, -0.2) is 20.9 Å². The first-order chi connectivity index (χ1) is 9.20. The van der Waals surface area contributed by atoms with Gasteiger partial charge in [0.15, 0.2) is 5.82 Å². The van der Waals surface area contributed by atoms with E-state index in [1.165, 1.54) is 12.4 Å². The first-order valence-corrected chi connectivity index (χ1v) is 5.71. The van der Waals surface area contributed by atoms with Crippen molar-refractivity contribution in [3.8, 4) is 0 Å². The summed E-state index contributed by atoms with van der Waals surface area (Å²) in [5.41, 5.74) is 3.35. The van der Waals surface area contributed by atoms with Gasteiger partial charge in [0.05, 0.1) is 24.1 Å². The van der Waals surface area contributed by atoms with Crippen molar-refractivity contribution >= 4 is 11.7 Å². The summed E-state index contributed by atoms with van der Waals surface area (Å²) in [5, 5.41) is 2.79. The highest BCUT2D eigenvalue weighted by molar-refractivity contribution is 5.92. The largest absolute Gasteiger partial charge is 0.343 e. The molecule has 98 valence electrons. The highest BCUT2D eigenvalue weighted by Crippen LogP contribution is 2.09. The number of pyridine rings is 1. The summed E-state index contributed by atoms with van der Waals surface area (Å²) in [4.78, 5) is 24.0. The van der Waals surface area contributed by atoms with Crippen LogP contribution in [0.1, 0.15) is 29.1 Å². The van der Waals surface area contributed by atoms with Crippen molar-refractivity contribution in [2.75, 3.05) is 5.43 Å². The van der Waals surface area contributed by atoms with Gasteiger partial charge in [-0.1, -0.05) is 6.07 Å². The van der Waals surface area contributed by atoms with Gasteiger partial charge in [-0.05, 0) is 19.1 Å². The summed E-state index contributed by atoms with van der Waals surface area (Å²) in [6.07, 6.45) is 4.43. The molecule has 0 aliphatic carbocycles. The number of hydrogen-bond acceptors (Lipinski definition) is 6. The molecule has 0 spiro atoms. The van der Waals surface area contributed by atoms with Crippen LogP contribution in [0.15, 0.2) is 36.8 Å². The molecule has 0 aliphatic rings. The highest BCUT2D eigenvalue weighted by atomic mass is 16.1. The van der Waals surface area contributed by atoms with Crippen molar-refractivity contribution in [3.05, 3.63) is 48.2 Å². The van der Waals surface area contributed by atoms with Gasteiger partial charge in [-0.25, -0.2) is 15.8 Å². The average molecular weight is 258 g/mol. The van der Waals surface area contributed by atoms with Crippen LogP contribution in [0.25, 0.3) is 0 Å². The van der Waals surface area contributed by atoms with Crippen LogP contribution < -0.4 is 16.6 Å². The summed E-state index contributed by atoms with van der Waals surface area (Å²) < 4.78 is 0. The number of amides is 1. The van der Waals surface area contributed by atoms with Gasteiger partial charge in [0.1, 0.15) is 5.69 Å². The Morgan fingerprint density at radius 2 is 2.11 bits per heavy atom. The number of nitrogens with one attached hydrogen (secondary N) is 2. The second-order valence-electron chi connectivity index (χ2n) is 3.88. The maximum absolute atomic E-state index is 11.9. The van der Waals surface area contributed by atoms with E-state index in [1.807, 2.05) is 25.1 Å². The molecule has 0 saturated heterocycles. The van der Waals surface area contributed by atoms with E-state index in [0.29, 0.717) is 5.82 Å². The Hall–Kier alpha value is -2.54. The van der Waals surface area contributed by atoms with Crippen molar-refractivity contribution < 1.29 is 4.79 Å². The molecule has 2 heterocycles. The molecule has 0 fully saturated rings. The fourth-order valence-electron chi connectivity index (χ4n) is 1.50. The van der Waals surface area contributed by atoms with Crippen LogP contribution in [0, 0.1) is 0 Å². The third kappa shape index (κ3) is 3.23.